The highest BCUT2D eigenvalue weighted by Crippen LogP contribution is 2.29. The predicted molar refractivity (Wildman–Crippen MR) is 160 cm³/mol. The fourth-order valence-electron chi connectivity index (χ4n) is 4.91. The molecule has 2 aromatic heterocycles. The van der Waals surface area contributed by atoms with Gasteiger partial charge in [-0.1, -0.05) is 30.3 Å². The maximum atomic E-state index is 14.3. The second-order valence-electron chi connectivity index (χ2n) is 10.5. The predicted octanol–water partition coefficient (Wildman–Crippen LogP) is 3.06. The molecule has 2 heterocycles. The molecule has 0 spiro atoms. The number of furan rings is 1. The van der Waals surface area contributed by atoms with Crippen molar-refractivity contribution in [3.05, 3.63) is 72.7 Å². The number of carbonyl (C=O) groups is 1. The Labute approximate surface area is 254 Å². The molecule has 14 nitrogen and oxygen atoms in total. The number of aliphatic hydroxyl groups excluding tert-OH is 1. The first-order valence-corrected chi connectivity index (χ1v) is 17.2. The molecule has 3 N–H and O–H groups in total. The molecular formula is C28H33N5O9S2. The van der Waals surface area contributed by atoms with Gasteiger partial charge in [0.2, 0.25) is 20.0 Å². The zero-order valence-corrected chi connectivity index (χ0v) is 25.6. The Hall–Kier alpha value is -4.12. The van der Waals surface area contributed by atoms with Gasteiger partial charge >= 0.3 is 6.09 Å². The maximum Gasteiger partial charge on any atom is 0.414 e. The van der Waals surface area contributed by atoms with Gasteiger partial charge < -0.3 is 24.4 Å². The topological polar surface area (TPSA) is 182 Å². The van der Waals surface area contributed by atoms with Crippen molar-refractivity contribution in [2.24, 2.45) is 0 Å². The van der Waals surface area contributed by atoms with Gasteiger partial charge in [0.15, 0.2) is 5.75 Å². The molecule has 1 saturated carbocycles. The molecule has 16 heteroatoms. The number of benzene rings is 2. The molecule has 1 aliphatic rings. The molecule has 0 aliphatic heterocycles. The van der Waals surface area contributed by atoms with E-state index in [-0.39, 0.29) is 40.3 Å². The summed E-state index contributed by atoms with van der Waals surface area (Å²) in [5.74, 6) is -0.0283. The lowest BCUT2D eigenvalue weighted by atomic mass is 10.2. The second-order valence-corrected chi connectivity index (χ2v) is 14.1. The van der Waals surface area contributed by atoms with Crippen LogP contribution in [0.2, 0.25) is 0 Å². The Morgan fingerprint density at radius 1 is 1.14 bits per heavy atom. The number of nitrogens with zero attached hydrogens (tertiary/aromatic N) is 3. The number of hydrogen-bond acceptors (Lipinski definition) is 10. The minimum atomic E-state index is -4.46. The highest BCUT2D eigenvalue weighted by Gasteiger charge is 2.37. The summed E-state index contributed by atoms with van der Waals surface area (Å²) in [6.07, 6.45) is 2.78. The molecule has 2 aromatic carbocycles. The summed E-state index contributed by atoms with van der Waals surface area (Å²) in [5, 5.41) is 13.2. The number of amides is 1. The molecule has 0 saturated heterocycles. The van der Waals surface area contributed by atoms with Crippen LogP contribution in [-0.2, 0) is 26.6 Å². The van der Waals surface area contributed by atoms with Gasteiger partial charge in [-0.3, -0.25) is 4.72 Å². The Kier molecular flexibility index (Phi) is 9.15. The number of aromatic nitrogens is 2. The number of anilines is 1. The highest BCUT2D eigenvalue weighted by molar-refractivity contribution is 7.92. The number of hydrogen-bond donors (Lipinski definition) is 3. The fourth-order valence-corrected chi connectivity index (χ4v) is 6.98. The number of rotatable bonds is 12. The number of imidazole rings is 1. The first-order valence-electron chi connectivity index (χ1n) is 13.8. The van der Waals surface area contributed by atoms with Gasteiger partial charge in [0.05, 0.1) is 29.0 Å². The standard InChI is InChI=1S/C28H33N5O9S2/c1-19(34)26(30-28(35)41-22-14-15-40-18-22)32(17-20-8-4-3-5-9-20)44(38,39)23-12-13-24-25(16-23)33(42-21-10-6-7-11-21)27(29-24)31-43(2,36)37/h3-5,8-9,12-16,18-19,21,26,34H,6-7,10-11,17H2,1-2H3,(H,29,31)(H,30,35)/t19-,26+/m1/s1. The van der Waals surface area contributed by atoms with Gasteiger partial charge in [0, 0.05) is 12.6 Å². The number of carbonyl (C=O) groups excluding carboxylic acids is 1. The Balaban J connectivity index is 1.56. The van der Waals surface area contributed by atoms with Crippen LogP contribution in [0.15, 0.2) is 76.4 Å². The van der Waals surface area contributed by atoms with Crippen LogP contribution in [-0.4, -0.2) is 66.7 Å². The van der Waals surface area contributed by atoms with E-state index >= 15 is 0 Å². The van der Waals surface area contributed by atoms with Crippen molar-refractivity contribution in [1.29, 1.82) is 0 Å². The normalized spacial score (nSPS) is 15.7. The number of nitrogens with one attached hydrogen (secondary N) is 2. The summed E-state index contributed by atoms with van der Waals surface area (Å²) < 4.78 is 67.4. The quantitative estimate of drug-likeness (QED) is 0.193. The molecule has 1 fully saturated rings. The van der Waals surface area contributed by atoms with Crippen LogP contribution in [0.5, 0.6) is 5.75 Å². The van der Waals surface area contributed by atoms with Gasteiger partial charge in [0.1, 0.15) is 24.0 Å². The van der Waals surface area contributed by atoms with E-state index in [1.165, 1.54) is 48.4 Å². The third-order valence-corrected chi connectivity index (χ3v) is 9.32. The van der Waals surface area contributed by atoms with Crippen molar-refractivity contribution in [1.82, 2.24) is 19.3 Å². The van der Waals surface area contributed by atoms with E-state index in [1.54, 1.807) is 30.3 Å². The Morgan fingerprint density at radius 3 is 2.50 bits per heavy atom. The van der Waals surface area contributed by atoms with Crippen molar-refractivity contribution in [3.8, 4) is 5.75 Å². The molecule has 1 amide bonds. The summed E-state index contributed by atoms with van der Waals surface area (Å²) in [6, 6.07) is 14.1. The minimum absolute atomic E-state index is 0.0868. The van der Waals surface area contributed by atoms with Crippen molar-refractivity contribution in [2.75, 3.05) is 11.0 Å². The van der Waals surface area contributed by atoms with Gasteiger partial charge in [-0.15, -0.1) is 4.73 Å². The van der Waals surface area contributed by atoms with Crippen molar-refractivity contribution < 1.29 is 40.7 Å². The molecule has 236 valence electrons. The SMILES string of the molecule is C[C@@H](O)[C@@H](NC(=O)Oc1ccoc1)N(Cc1ccccc1)S(=O)(=O)c1ccc2nc(NS(C)(=O)=O)n(OC3CCCC3)c2c1. The van der Waals surface area contributed by atoms with E-state index in [0.29, 0.717) is 5.56 Å². The molecule has 0 bridgehead atoms. The van der Waals surface area contributed by atoms with Crippen LogP contribution < -0.4 is 19.6 Å². The second kappa shape index (κ2) is 12.9. The summed E-state index contributed by atoms with van der Waals surface area (Å²) in [6.45, 7) is 1.12. The zero-order chi connectivity index (χ0) is 31.5. The van der Waals surface area contributed by atoms with E-state index in [1.807, 2.05) is 0 Å². The average molecular weight is 648 g/mol. The zero-order valence-electron chi connectivity index (χ0n) is 24.0. The van der Waals surface area contributed by atoms with E-state index in [0.717, 1.165) is 36.2 Å². The molecule has 0 radical (unpaired) electrons. The minimum Gasteiger partial charge on any atom is -0.469 e. The van der Waals surface area contributed by atoms with Crippen molar-refractivity contribution >= 4 is 43.1 Å². The van der Waals surface area contributed by atoms with Crippen LogP contribution in [0.4, 0.5) is 10.7 Å². The van der Waals surface area contributed by atoms with Crippen LogP contribution >= 0.6 is 0 Å². The van der Waals surface area contributed by atoms with E-state index < -0.39 is 38.4 Å². The Bertz CT molecular complexity index is 1800. The van der Waals surface area contributed by atoms with E-state index in [2.05, 4.69) is 15.0 Å². The van der Waals surface area contributed by atoms with Crippen LogP contribution in [0, 0.1) is 0 Å². The molecule has 0 unspecified atom stereocenters. The molecule has 4 aromatic rings. The van der Waals surface area contributed by atoms with Crippen LogP contribution in [0.25, 0.3) is 11.0 Å². The largest absolute Gasteiger partial charge is 0.469 e. The number of fused-ring (bicyclic) bond motifs is 1. The highest BCUT2D eigenvalue weighted by atomic mass is 32.2. The number of aliphatic hydroxyl groups is 1. The van der Waals surface area contributed by atoms with Crippen LogP contribution in [0.3, 0.4) is 0 Å². The molecule has 1 aliphatic carbocycles. The van der Waals surface area contributed by atoms with Gasteiger partial charge in [-0.25, -0.2) is 26.6 Å². The molecule has 2 atom stereocenters. The average Bonchev–Trinajstić information content (AvgIpc) is 3.73. The third kappa shape index (κ3) is 7.32. The molecular weight excluding hydrogens is 614 g/mol. The Morgan fingerprint density at radius 2 is 1.86 bits per heavy atom. The van der Waals surface area contributed by atoms with Crippen LogP contribution in [0.1, 0.15) is 38.2 Å². The van der Waals surface area contributed by atoms with Crippen molar-refractivity contribution in [2.45, 2.75) is 62.4 Å². The lowest BCUT2D eigenvalue weighted by Gasteiger charge is -2.33. The summed E-state index contributed by atoms with van der Waals surface area (Å²) >= 11 is 0. The third-order valence-electron chi connectivity index (χ3n) is 6.94. The summed E-state index contributed by atoms with van der Waals surface area (Å²) in [4.78, 5) is 23.0. The van der Waals surface area contributed by atoms with E-state index in [9.17, 15) is 26.7 Å². The summed E-state index contributed by atoms with van der Waals surface area (Å²) in [7, 11) is -8.21. The molecule has 44 heavy (non-hydrogen) atoms. The van der Waals surface area contributed by atoms with Crippen molar-refractivity contribution in [3.63, 3.8) is 0 Å². The monoisotopic (exact) mass is 647 g/mol. The van der Waals surface area contributed by atoms with E-state index in [4.69, 9.17) is 14.0 Å². The fraction of sp³-hybridized carbons (Fsp3) is 0.357. The molecule has 5 rings (SSSR count). The smallest absolute Gasteiger partial charge is 0.414 e. The number of ether oxygens (including phenoxy) is 1. The van der Waals surface area contributed by atoms with Gasteiger partial charge in [-0.2, -0.15) is 4.31 Å². The number of sulfonamides is 2. The van der Waals surface area contributed by atoms with Gasteiger partial charge in [-0.05, 0) is 56.4 Å². The maximum absolute atomic E-state index is 14.3. The van der Waals surface area contributed by atoms with Gasteiger partial charge in [0.25, 0.3) is 5.95 Å². The summed E-state index contributed by atoms with van der Waals surface area (Å²) in [5.41, 5.74) is 1.09. The lowest BCUT2D eigenvalue weighted by molar-refractivity contribution is 0.0525. The first kappa shape index (κ1) is 31.3. The first-order chi connectivity index (χ1) is 20.9. The lowest BCUT2D eigenvalue weighted by Crippen LogP contribution is -2.56.